The van der Waals surface area contributed by atoms with Gasteiger partial charge in [-0.3, -0.25) is 4.79 Å². The predicted molar refractivity (Wildman–Crippen MR) is 106 cm³/mol. The van der Waals surface area contributed by atoms with Crippen LogP contribution < -0.4 is 16.0 Å². The number of carbonyl (C=O) groups is 2. The van der Waals surface area contributed by atoms with Crippen LogP contribution in [-0.2, 0) is 16.1 Å². The normalized spacial score (nSPS) is 11.8. The van der Waals surface area contributed by atoms with Gasteiger partial charge in [0.05, 0.1) is 10.6 Å². The van der Waals surface area contributed by atoms with Crippen molar-refractivity contribution >= 4 is 35.4 Å². The molecule has 2 rings (SSSR count). The number of hydrogen-bond acceptors (Lipinski definition) is 8. The molecule has 0 unspecified atom stereocenters. The number of benzene rings is 1. The van der Waals surface area contributed by atoms with E-state index in [-0.39, 0.29) is 29.9 Å². The van der Waals surface area contributed by atoms with Crippen LogP contribution in [0, 0.1) is 5.92 Å². The Morgan fingerprint density at radius 1 is 1.21 bits per heavy atom. The summed E-state index contributed by atoms with van der Waals surface area (Å²) in [5.41, 5.74) is 5.94. The van der Waals surface area contributed by atoms with Crippen LogP contribution in [0.4, 0.5) is 11.9 Å². The zero-order valence-corrected chi connectivity index (χ0v) is 16.9. The lowest BCUT2D eigenvalue weighted by molar-refractivity contribution is -0.148. The fraction of sp³-hybridized carbons (Fsp3) is 0.389. The summed E-state index contributed by atoms with van der Waals surface area (Å²) in [6, 6.07) is 5.73. The molecule has 9 nitrogen and oxygen atoms in total. The molecule has 0 fully saturated rings. The fourth-order valence-corrected chi connectivity index (χ4v) is 2.50. The number of nitrogens with two attached hydrogens (primary N) is 1. The molecule has 0 saturated heterocycles. The minimum Gasteiger partial charge on any atom is -0.456 e. The molecule has 0 aliphatic heterocycles. The van der Waals surface area contributed by atoms with Crippen LogP contribution >= 0.6 is 11.6 Å². The number of nitrogen functional groups attached to an aromatic ring is 1. The van der Waals surface area contributed by atoms with E-state index in [0.29, 0.717) is 11.0 Å². The summed E-state index contributed by atoms with van der Waals surface area (Å²) in [5, 5.41) is 2.97. The number of esters is 1. The maximum atomic E-state index is 12.5. The van der Waals surface area contributed by atoms with E-state index in [1.807, 2.05) is 0 Å². The average molecular weight is 407 g/mol. The van der Waals surface area contributed by atoms with Gasteiger partial charge in [-0.1, -0.05) is 37.6 Å². The van der Waals surface area contributed by atoms with Crippen LogP contribution in [0.1, 0.15) is 30.0 Å². The maximum absolute atomic E-state index is 12.5. The van der Waals surface area contributed by atoms with Gasteiger partial charge in [0.1, 0.15) is 6.04 Å². The molecular weight excluding hydrogens is 384 g/mol. The Morgan fingerprint density at radius 2 is 1.89 bits per heavy atom. The van der Waals surface area contributed by atoms with E-state index in [9.17, 15) is 9.59 Å². The molecule has 0 aliphatic rings. The van der Waals surface area contributed by atoms with Gasteiger partial charge in [-0.05, 0) is 18.1 Å². The largest absolute Gasteiger partial charge is 0.456 e. The number of hydrogen-bond donors (Lipinski definition) is 2. The number of ether oxygens (including phenoxy) is 1. The maximum Gasteiger partial charge on any atom is 0.329 e. The fourth-order valence-electron chi connectivity index (χ4n) is 2.28. The molecular formula is C18H23ClN6O3. The van der Waals surface area contributed by atoms with E-state index in [2.05, 4.69) is 20.3 Å². The highest BCUT2D eigenvalue weighted by Gasteiger charge is 2.27. The lowest BCUT2D eigenvalue weighted by Gasteiger charge is -2.21. The van der Waals surface area contributed by atoms with Crippen molar-refractivity contribution in [2.75, 3.05) is 24.7 Å². The van der Waals surface area contributed by atoms with Crippen molar-refractivity contribution in [3.8, 4) is 0 Å². The van der Waals surface area contributed by atoms with Crippen molar-refractivity contribution in [3.05, 3.63) is 40.7 Å². The smallest absolute Gasteiger partial charge is 0.329 e. The number of nitrogens with zero attached hydrogens (tertiary/aromatic N) is 4. The summed E-state index contributed by atoms with van der Waals surface area (Å²) < 4.78 is 5.29. The molecule has 0 aliphatic carbocycles. The van der Waals surface area contributed by atoms with Gasteiger partial charge >= 0.3 is 5.97 Å². The molecule has 0 radical (unpaired) electrons. The number of anilines is 2. The van der Waals surface area contributed by atoms with Crippen molar-refractivity contribution in [1.29, 1.82) is 0 Å². The molecule has 28 heavy (non-hydrogen) atoms. The molecule has 150 valence electrons. The summed E-state index contributed by atoms with van der Waals surface area (Å²) in [4.78, 5) is 38.8. The van der Waals surface area contributed by atoms with Gasteiger partial charge in [0, 0.05) is 14.1 Å². The number of rotatable bonds is 7. The predicted octanol–water partition coefficient (Wildman–Crippen LogP) is 1.67. The van der Waals surface area contributed by atoms with Gasteiger partial charge in [0.25, 0.3) is 5.91 Å². The number of carbonyl (C=O) groups excluding carboxylic acids is 2. The molecule has 1 aromatic carbocycles. The molecule has 0 bridgehead atoms. The van der Waals surface area contributed by atoms with E-state index >= 15 is 0 Å². The van der Waals surface area contributed by atoms with Crippen molar-refractivity contribution in [2.45, 2.75) is 26.5 Å². The Bertz CT molecular complexity index is 859. The molecule has 1 heterocycles. The van der Waals surface area contributed by atoms with E-state index < -0.39 is 17.9 Å². The second-order valence-electron chi connectivity index (χ2n) is 6.59. The third-order valence-corrected chi connectivity index (χ3v) is 4.09. The second-order valence-corrected chi connectivity index (χ2v) is 6.99. The van der Waals surface area contributed by atoms with Gasteiger partial charge in [-0.15, -0.1) is 0 Å². The van der Waals surface area contributed by atoms with Crippen molar-refractivity contribution in [3.63, 3.8) is 0 Å². The molecule has 2 aromatic rings. The van der Waals surface area contributed by atoms with Crippen LogP contribution in [-0.4, -0.2) is 47.0 Å². The van der Waals surface area contributed by atoms with Crippen molar-refractivity contribution in [1.82, 2.24) is 20.3 Å². The molecule has 1 atom stereocenters. The van der Waals surface area contributed by atoms with Crippen LogP contribution in [0.3, 0.4) is 0 Å². The quantitative estimate of drug-likeness (QED) is 0.665. The highest BCUT2D eigenvalue weighted by molar-refractivity contribution is 6.33. The zero-order valence-electron chi connectivity index (χ0n) is 16.1. The first kappa shape index (κ1) is 21.4. The SMILES string of the molecule is CC(C)[C@H](NC(=O)c1ccccc1Cl)C(=O)OCc1nc(N)nc(N(C)C)n1. The Hall–Kier alpha value is -2.94. The van der Waals surface area contributed by atoms with Crippen LogP contribution in [0.15, 0.2) is 24.3 Å². The number of halogens is 1. The Balaban J connectivity index is 2.07. The van der Waals surface area contributed by atoms with Crippen LogP contribution in [0.25, 0.3) is 0 Å². The number of amides is 1. The first-order valence-electron chi connectivity index (χ1n) is 8.58. The molecule has 10 heteroatoms. The van der Waals surface area contributed by atoms with E-state index in [4.69, 9.17) is 22.1 Å². The monoisotopic (exact) mass is 406 g/mol. The van der Waals surface area contributed by atoms with Gasteiger partial charge in [0.2, 0.25) is 11.9 Å². The Labute approximate surface area is 168 Å². The third-order valence-electron chi connectivity index (χ3n) is 3.76. The standard InChI is InChI=1S/C18H23ClN6O3/c1-10(2)14(23-15(26)11-7-5-6-8-12(11)19)16(27)28-9-13-21-17(20)24-18(22-13)25(3)4/h5-8,10,14H,9H2,1-4H3,(H,23,26)(H2,20,21,22,24)/t14-/m0/s1. The van der Waals surface area contributed by atoms with E-state index in [0.717, 1.165) is 0 Å². The Kier molecular flexibility index (Phi) is 7.11. The molecule has 1 amide bonds. The lowest BCUT2D eigenvalue weighted by atomic mass is 10.0. The topological polar surface area (TPSA) is 123 Å². The summed E-state index contributed by atoms with van der Waals surface area (Å²) in [6.07, 6.45) is 0. The molecule has 0 spiro atoms. The van der Waals surface area contributed by atoms with E-state index in [1.165, 1.54) is 0 Å². The minimum absolute atomic E-state index is 0.0252. The van der Waals surface area contributed by atoms with Crippen molar-refractivity contribution < 1.29 is 14.3 Å². The summed E-state index contributed by atoms with van der Waals surface area (Å²) >= 11 is 6.04. The first-order chi connectivity index (χ1) is 13.2. The van der Waals surface area contributed by atoms with Crippen LogP contribution in [0.2, 0.25) is 5.02 Å². The first-order valence-corrected chi connectivity index (χ1v) is 8.96. The van der Waals surface area contributed by atoms with Gasteiger partial charge in [0.15, 0.2) is 12.4 Å². The summed E-state index contributed by atoms with van der Waals surface area (Å²) in [7, 11) is 3.51. The van der Waals surface area contributed by atoms with Gasteiger partial charge in [-0.2, -0.15) is 15.0 Å². The van der Waals surface area contributed by atoms with Crippen LogP contribution in [0.5, 0.6) is 0 Å². The van der Waals surface area contributed by atoms with E-state index in [1.54, 1.807) is 57.1 Å². The summed E-state index contributed by atoms with van der Waals surface area (Å²) in [6.45, 7) is 3.39. The highest BCUT2D eigenvalue weighted by Crippen LogP contribution is 2.16. The lowest BCUT2D eigenvalue weighted by Crippen LogP contribution is -2.45. The Morgan fingerprint density at radius 3 is 2.50 bits per heavy atom. The highest BCUT2D eigenvalue weighted by atomic mass is 35.5. The van der Waals surface area contributed by atoms with Gasteiger partial charge < -0.3 is 20.7 Å². The average Bonchev–Trinajstić information content (AvgIpc) is 2.63. The minimum atomic E-state index is -0.865. The number of nitrogens with one attached hydrogen (secondary N) is 1. The van der Waals surface area contributed by atoms with Gasteiger partial charge in [-0.25, -0.2) is 4.79 Å². The number of aromatic nitrogens is 3. The molecule has 3 N–H and O–H groups in total. The van der Waals surface area contributed by atoms with Crippen molar-refractivity contribution in [2.24, 2.45) is 5.92 Å². The molecule has 0 saturated carbocycles. The molecule has 1 aromatic heterocycles. The summed E-state index contributed by atoms with van der Waals surface area (Å²) in [5.74, 6) is -0.686. The second kappa shape index (κ2) is 9.32. The third kappa shape index (κ3) is 5.53. The zero-order chi connectivity index (χ0) is 20.8.